The molecule has 0 aliphatic carbocycles. The Balaban J connectivity index is 3.15. The highest BCUT2D eigenvalue weighted by Gasteiger charge is 2.06. The van der Waals surface area contributed by atoms with Crippen molar-refractivity contribution in [2.24, 2.45) is 0 Å². The van der Waals surface area contributed by atoms with Crippen LogP contribution in [0.2, 0.25) is 0 Å². The van der Waals surface area contributed by atoms with Crippen molar-refractivity contribution in [3.63, 3.8) is 0 Å². The van der Waals surface area contributed by atoms with Gasteiger partial charge in [0.15, 0.2) is 0 Å². The van der Waals surface area contributed by atoms with E-state index in [4.69, 9.17) is 10.8 Å². The van der Waals surface area contributed by atoms with Crippen LogP contribution in [-0.4, -0.2) is 16.1 Å². The van der Waals surface area contributed by atoms with Gasteiger partial charge < -0.3 is 10.8 Å². The summed E-state index contributed by atoms with van der Waals surface area (Å²) >= 11 is 0. The lowest BCUT2D eigenvalue weighted by Crippen LogP contribution is -2.01. The second kappa shape index (κ2) is 2.53. The molecule has 0 amide bonds. The monoisotopic (exact) mass is 156 g/mol. The standard InChI is InChI=1S/C6H5FN2O2/c7-5-4(8)1-3(2-9-5)6(10)11/h1-2H,8H2,(H,10,11). The van der Waals surface area contributed by atoms with E-state index in [9.17, 15) is 9.18 Å². The molecular formula is C6H5FN2O2. The Morgan fingerprint density at radius 3 is 2.82 bits per heavy atom. The number of carboxylic acids is 1. The minimum Gasteiger partial charge on any atom is -0.478 e. The van der Waals surface area contributed by atoms with Gasteiger partial charge in [0.2, 0.25) is 5.95 Å². The first-order valence-electron chi connectivity index (χ1n) is 2.75. The van der Waals surface area contributed by atoms with Crippen LogP contribution in [0.1, 0.15) is 10.4 Å². The van der Waals surface area contributed by atoms with E-state index in [2.05, 4.69) is 4.98 Å². The van der Waals surface area contributed by atoms with Gasteiger partial charge in [0.05, 0.1) is 11.3 Å². The first kappa shape index (κ1) is 7.46. The van der Waals surface area contributed by atoms with Crippen molar-refractivity contribution in [1.82, 2.24) is 4.98 Å². The van der Waals surface area contributed by atoms with Gasteiger partial charge in [0.1, 0.15) is 0 Å². The number of hydrogen-bond acceptors (Lipinski definition) is 3. The highest BCUT2D eigenvalue weighted by atomic mass is 19.1. The molecule has 0 aromatic carbocycles. The Hall–Kier alpha value is -1.65. The summed E-state index contributed by atoms with van der Waals surface area (Å²) < 4.78 is 12.3. The predicted octanol–water partition coefficient (Wildman–Crippen LogP) is 0.501. The van der Waals surface area contributed by atoms with Crippen LogP contribution in [0.15, 0.2) is 12.3 Å². The number of carbonyl (C=O) groups is 1. The summed E-state index contributed by atoms with van der Waals surface area (Å²) in [5.74, 6) is -2.03. The Morgan fingerprint density at radius 1 is 1.73 bits per heavy atom. The number of halogens is 1. The minimum atomic E-state index is -1.18. The third-order valence-electron chi connectivity index (χ3n) is 1.11. The molecule has 0 saturated heterocycles. The van der Waals surface area contributed by atoms with Crippen LogP contribution in [-0.2, 0) is 0 Å². The molecular weight excluding hydrogens is 151 g/mol. The van der Waals surface area contributed by atoms with Crippen LogP contribution in [0.4, 0.5) is 10.1 Å². The molecule has 5 heteroatoms. The summed E-state index contributed by atoms with van der Waals surface area (Å²) in [5.41, 5.74) is 4.68. The van der Waals surface area contributed by atoms with Crippen molar-refractivity contribution in [2.45, 2.75) is 0 Å². The summed E-state index contributed by atoms with van der Waals surface area (Å²) in [7, 11) is 0. The van der Waals surface area contributed by atoms with E-state index in [-0.39, 0.29) is 11.3 Å². The van der Waals surface area contributed by atoms with Gasteiger partial charge in [-0.25, -0.2) is 9.78 Å². The first-order chi connectivity index (χ1) is 5.11. The highest BCUT2D eigenvalue weighted by molar-refractivity contribution is 5.88. The fourth-order valence-electron chi connectivity index (χ4n) is 0.582. The number of anilines is 1. The number of nitrogens with zero attached hydrogens (tertiary/aromatic N) is 1. The number of aromatic carboxylic acids is 1. The van der Waals surface area contributed by atoms with Crippen LogP contribution in [0.25, 0.3) is 0 Å². The summed E-state index contributed by atoms with van der Waals surface area (Å²) in [4.78, 5) is 13.4. The normalized spacial score (nSPS) is 9.55. The van der Waals surface area contributed by atoms with Crippen molar-refractivity contribution < 1.29 is 14.3 Å². The zero-order valence-corrected chi connectivity index (χ0v) is 5.41. The Morgan fingerprint density at radius 2 is 2.36 bits per heavy atom. The molecule has 11 heavy (non-hydrogen) atoms. The number of hydrogen-bond donors (Lipinski definition) is 2. The van der Waals surface area contributed by atoms with Crippen LogP contribution in [0, 0.1) is 5.95 Å². The quantitative estimate of drug-likeness (QED) is 0.580. The molecule has 0 saturated carbocycles. The summed E-state index contributed by atoms with van der Waals surface area (Å²) in [6, 6.07) is 1.02. The number of nitrogen functional groups attached to an aromatic ring is 1. The maximum atomic E-state index is 12.3. The molecule has 0 aliphatic heterocycles. The molecule has 58 valence electrons. The van der Waals surface area contributed by atoms with Crippen molar-refractivity contribution in [3.05, 3.63) is 23.8 Å². The van der Waals surface area contributed by atoms with Crippen molar-refractivity contribution >= 4 is 11.7 Å². The second-order valence-corrected chi connectivity index (χ2v) is 1.91. The van der Waals surface area contributed by atoms with E-state index < -0.39 is 11.9 Å². The smallest absolute Gasteiger partial charge is 0.337 e. The lowest BCUT2D eigenvalue weighted by molar-refractivity contribution is 0.0696. The van der Waals surface area contributed by atoms with Crippen molar-refractivity contribution in [2.75, 3.05) is 5.73 Å². The number of aromatic nitrogens is 1. The van der Waals surface area contributed by atoms with E-state index >= 15 is 0 Å². The molecule has 1 heterocycles. The zero-order chi connectivity index (χ0) is 8.43. The van der Waals surface area contributed by atoms with Gasteiger partial charge in [-0.15, -0.1) is 0 Å². The summed E-state index contributed by atoms with van der Waals surface area (Å²) in [6.45, 7) is 0. The molecule has 4 nitrogen and oxygen atoms in total. The highest BCUT2D eigenvalue weighted by Crippen LogP contribution is 2.08. The summed E-state index contributed by atoms with van der Waals surface area (Å²) in [6.07, 6.45) is 0.911. The van der Waals surface area contributed by atoms with Crippen LogP contribution < -0.4 is 5.73 Å². The van der Waals surface area contributed by atoms with Gasteiger partial charge in [-0.05, 0) is 6.07 Å². The number of rotatable bonds is 1. The molecule has 0 unspecified atom stereocenters. The second-order valence-electron chi connectivity index (χ2n) is 1.91. The van der Waals surface area contributed by atoms with Crippen LogP contribution in [0.3, 0.4) is 0 Å². The molecule has 1 aromatic heterocycles. The molecule has 0 aliphatic rings. The third-order valence-corrected chi connectivity index (χ3v) is 1.11. The van der Waals surface area contributed by atoms with Gasteiger partial charge in [-0.3, -0.25) is 0 Å². The van der Waals surface area contributed by atoms with Gasteiger partial charge >= 0.3 is 5.97 Å². The molecule has 0 radical (unpaired) electrons. The van der Waals surface area contributed by atoms with Crippen LogP contribution in [0.5, 0.6) is 0 Å². The summed E-state index contributed by atoms with van der Waals surface area (Å²) in [5, 5.41) is 8.38. The van der Waals surface area contributed by atoms with Gasteiger partial charge in [-0.1, -0.05) is 0 Å². The van der Waals surface area contributed by atoms with Crippen molar-refractivity contribution in [3.8, 4) is 0 Å². The molecule has 0 bridgehead atoms. The maximum absolute atomic E-state index is 12.3. The van der Waals surface area contributed by atoms with E-state index in [1.54, 1.807) is 0 Å². The van der Waals surface area contributed by atoms with Gasteiger partial charge in [0, 0.05) is 6.20 Å². The first-order valence-corrected chi connectivity index (χ1v) is 2.75. The molecule has 0 spiro atoms. The average molecular weight is 156 g/mol. The average Bonchev–Trinajstić information content (AvgIpc) is 1.94. The molecule has 0 atom stereocenters. The van der Waals surface area contributed by atoms with E-state index in [0.29, 0.717) is 0 Å². The van der Waals surface area contributed by atoms with E-state index in [0.717, 1.165) is 12.3 Å². The number of nitrogens with two attached hydrogens (primary N) is 1. The van der Waals surface area contributed by atoms with E-state index in [1.165, 1.54) is 0 Å². The fourth-order valence-corrected chi connectivity index (χ4v) is 0.582. The fraction of sp³-hybridized carbons (Fsp3) is 0. The molecule has 0 fully saturated rings. The number of carboxylic acid groups (broad SMARTS) is 1. The molecule has 1 rings (SSSR count). The lowest BCUT2D eigenvalue weighted by Gasteiger charge is -1.95. The molecule has 1 aromatic rings. The zero-order valence-electron chi connectivity index (χ0n) is 5.41. The van der Waals surface area contributed by atoms with Gasteiger partial charge in [-0.2, -0.15) is 4.39 Å². The van der Waals surface area contributed by atoms with Crippen molar-refractivity contribution in [1.29, 1.82) is 0 Å². The van der Waals surface area contributed by atoms with E-state index in [1.807, 2.05) is 0 Å². The largest absolute Gasteiger partial charge is 0.478 e. The topological polar surface area (TPSA) is 76.2 Å². The lowest BCUT2D eigenvalue weighted by atomic mass is 10.3. The maximum Gasteiger partial charge on any atom is 0.337 e. The Labute approximate surface area is 61.5 Å². The SMILES string of the molecule is Nc1cc(C(=O)O)cnc1F. The minimum absolute atomic E-state index is 0.121. The third kappa shape index (κ3) is 1.43. The Bertz CT molecular complexity index is 301. The predicted molar refractivity (Wildman–Crippen MR) is 35.6 cm³/mol. The number of pyridine rings is 1. The Kier molecular flexibility index (Phi) is 1.72. The molecule has 3 N–H and O–H groups in total. The van der Waals surface area contributed by atoms with Gasteiger partial charge in [0.25, 0.3) is 0 Å². The van der Waals surface area contributed by atoms with Crippen LogP contribution >= 0.6 is 0 Å².